The summed E-state index contributed by atoms with van der Waals surface area (Å²) in [4.78, 5) is 32.1. The van der Waals surface area contributed by atoms with Crippen molar-refractivity contribution < 1.29 is 4.79 Å². The number of carbonyl (C=O) groups is 1. The van der Waals surface area contributed by atoms with Crippen LogP contribution < -0.4 is 10.5 Å². The Hall–Kier alpha value is -3.67. The number of aromatic amines is 1. The molecule has 4 aromatic rings. The van der Waals surface area contributed by atoms with E-state index in [1.54, 1.807) is 11.0 Å². The lowest BCUT2D eigenvalue weighted by atomic mass is 10.0. The summed E-state index contributed by atoms with van der Waals surface area (Å²) >= 11 is 0. The average molecular weight is 398 g/mol. The van der Waals surface area contributed by atoms with Crippen LogP contribution in [0.15, 0.2) is 65.5 Å². The molecule has 30 heavy (non-hydrogen) atoms. The van der Waals surface area contributed by atoms with Crippen LogP contribution in [0.5, 0.6) is 0 Å². The van der Waals surface area contributed by atoms with Crippen molar-refractivity contribution in [2.75, 3.05) is 11.4 Å². The van der Waals surface area contributed by atoms with Gasteiger partial charge < -0.3 is 4.90 Å². The molecule has 0 radical (unpaired) electrons. The SMILES string of the molecule is Cc1cccc(N2CC(c3cc(=O)n4[nH]c(-c5ccccc5)c(C)c4n3)CC2=O)c1. The summed E-state index contributed by atoms with van der Waals surface area (Å²) in [5, 5.41) is 3.18. The van der Waals surface area contributed by atoms with Crippen molar-refractivity contribution in [3.8, 4) is 11.3 Å². The number of amides is 1. The molecule has 6 heteroatoms. The lowest BCUT2D eigenvalue weighted by Crippen LogP contribution is -2.24. The molecule has 1 aliphatic rings. The summed E-state index contributed by atoms with van der Waals surface area (Å²) in [6.45, 7) is 4.50. The number of fused-ring (bicyclic) bond motifs is 1. The zero-order valence-electron chi connectivity index (χ0n) is 16.9. The summed E-state index contributed by atoms with van der Waals surface area (Å²) in [6, 6.07) is 19.4. The molecule has 1 unspecified atom stereocenters. The van der Waals surface area contributed by atoms with Crippen molar-refractivity contribution in [1.82, 2.24) is 14.6 Å². The van der Waals surface area contributed by atoms with Crippen LogP contribution in [-0.2, 0) is 4.79 Å². The van der Waals surface area contributed by atoms with Gasteiger partial charge in [-0.2, -0.15) is 0 Å². The zero-order chi connectivity index (χ0) is 20.8. The third-order valence-corrected chi connectivity index (χ3v) is 5.79. The van der Waals surface area contributed by atoms with Gasteiger partial charge in [0.2, 0.25) is 5.91 Å². The summed E-state index contributed by atoms with van der Waals surface area (Å²) in [5.41, 5.74) is 5.91. The lowest BCUT2D eigenvalue weighted by Gasteiger charge is -2.17. The number of hydrogen-bond acceptors (Lipinski definition) is 3. The van der Waals surface area contributed by atoms with E-state index in [-0.39, 0.29) is 17.4 Å². The van der Waals surface area contributed by atoms with Crippen LogP contribution in [0.3, 0.4) is 0 Å². The minimum Gasteiger partial charge on any atom is -0.312 e. The highest BCUT2D eigenvalue weighted by Gasteiger charge is 2.33. The highest BCUT2D eigenvalue weighted by Crippen LogP contribution is 2.32. The van der Waals surface area contributed by atoms with Crippen LogP contribution in [0.2, 0.25) is 0 Å². The Balaban J connectivity index is 1.53. The van der Waals surface area contributed by atoms with Crippen LogP contribution in [-0.4, -0.2) is 27.0 Å². The van der Waals surface area contributed by atoms with E-state index in [0.717, 1.165) is 28.1 Å². The molecule has 2 aromatic carbocycles. The third kappa shape index (κ3) is 3.01. The molecule has 0 bridgehead atoms. The zero-order valence-corrected chi connectivity index (χ0v) is 16.9. The van der Waals surface area contributed by atoms with Crippen LogP contribution in [0.1, 0.15) is 29.2 Å². The van der Waals surface area contributed by atoms with Gasteiger partial charge in [0.25, 0.3) is 5.56 Å². The molecule has 1 amide bonds. The summed E-state index contributed by atoms with van der Waals surface area (Å²) in [7, 11) is 0. The molecule has 3 heterocycles. The number of nitrogens with zero attached hydrogens (tertiary/aromatic N) is 3. The molecule has 150 valence electrons. The van der Waals surface area contributed by atoms with Gasteiger partial charge in [-0.25, -0.2) is 9.50 Å². The van der Waals surface area contributed by atoms with Crippen molar-refractivity contribution in [3.05, 3.63) is 87.8 Å². The minimum atomic E-state index is -0.165. The monoisotopic (exact) mass is 398 g/mol. The molecular formula is C24H22N4O2. The Bertz CT molecular complexity index is 1320. The first-order valence-corrected chi connectivity index (χ1v) is 10.1. The summed E-state index contributed by atoms with van der Waals surface area (Å²) in [6.07, 6.45) is 0.353. The highest BCUT2D eigenvalue weighted by molar-refractivity contribution is 5.96. The highest BCUT2D eigenvalue weighted by atomic mass is 16.2. The van der Waals surface area contributed by atoms with Crippen molar-refractivity contribution in [2.45, 2.75) is 26.2 Å². The van der Waals surface area contributed by atoms with E-state index in [0.29, 0.717) is 24.3 Å². The first-order valence-electron chi connectivity index (χ1n) is 10.1. The fraction of sp³-hybridized carbons (Fsp3) is 0.208. The van der Waals surface area contributed by atoms with Gasteiger partial charge in [-0.1, -0.05) is 42.5 Å². The van der Waals surface area contributed by atoms with Crippen molar-refractivity contribution in [3.63, 3.8) is 0 Å². The number of hydrogen-bond donors (Lipinski definition) is 1. The topological polar surface area (TPSA) is 70.5 Å². The minimum absolute atomic E-state index is 0.0587. The fourth-order valence-electron chi connectivity index (χ4n) is 4.21. The molecule has 0 aliphatic carbocycles. The Morgan fingerprint density at radius 3 is 2.57 bits per heavy atom. The van der Waals surface area contributed by atoms with E-state index in [2.05, 4.69) is 5.10 Å². The van der Waals surface area contributed by atoms with E-state index in [1.165, 1.54) is 4.52 Å². The van der Waals surface area contributed by atoms with Gasteiger partial charge in [-0.15, -0.1) is 0 Å². The standard InChI is InChI=1S/C24H22N4O2/c1-15-7-6-10-19(11-15)27-14-18(12-21(27)29)20-13-22(30)28-24(25-20)16(2)23(26-28)17-8-4-3-5-9-17/h3-11,13,18,26H,12,14H2,1-2H3. The van der Waals surface area contributed by atoms with Gasteiger partial charge in [0.1, 0.15) is 0 Å². The predicted molar refractivity (Wildman–Crippen MR) is 117 cm³/mol. The number of carbonyl (C=O) groups excluding carboxylic acids is 1. The first-order chi connectivity index (χ1) is 14.5. The number of aromatic nitrogens is 3. The molecule has 1 fully saturated rings. The van der Waals surface area contributed by atoms with E-state index in [4.69, 9.17) is 4.98 Å². The second kappa shape index (κ2) is 6.99. The normalized spacial score (nSPS) is 16.5. The number of rotatable bonds is 3. The molecule has 1 saturated heterocycles. The molecule has 2 aromatic heterocycles. The van der Waals surface area contributed by atoms with Crippen LogP contribution in [0.4, 0.5) is 5.69 Å². The number of anilines is 1. The number of aryl methyl sites for hydroxylation is 2. The smallest absolute Gasteiger partial charge is 0.272 e. The maximum atomic E-state index is 12.8. The van der Waals surface area contributed by atoms with Crippen LogP contribution >= 0.6 is 0 Å². The van der Waals surface area contributed by atoms with Gasteiger partial charge in [0.15, 0.2) is 5.65 Å². The Morgan fingerprint density at radius 2 is 1.80 bits per heavy atom. The molecule has 1 N–H and O–H groups in total. The molecule has 0 spiro atoms. The predicted octanol–water partition coefficient (Wildman–Crippen LogP) is 3.83. The fourth-order valence-corrected chi connectivity index (χ4v) is 4.21. The van der Waals surface area contributed by atoms with Crippen LogP contribution in [0.25, 0.3) is 16.9 Å². The van der Waals surface area contributed by atoms with Crippen molar-refractivity contribution in [2.24, 2.45) is 0 Å². The Labute approximate surface area is 173 Å². The Kier molecular flexibility index (Phi) is 4.28. The molecule has 6 nitrogen and oxygen atoms in total. The molecule has 0 saturated carbocycles. The number of H-pyrrole nitrogens is 1. The largest absolute Gasteiger partial charge is 0.312 e. The molecule has 5 rings (SSSR count). The maximum Gasteiger partial charge on any atom is 0.272 e. The number of benzene rings is 2. The van der Waals surface area contributed by atoms with Crippen molar-refractivity contribution >= 4 is 17.2 Å². The first kappa shape index (κ1) is 18.4. The second-order valence-electron chi connectivity index (χ2n) is 7.90. The van der Waals surface area contributed by atoms with Gasteiger partial charge in [0.05, 0.1) is 11.4 Å². The van der Waals surface area contributed by atoms with E-state index < -0.39 is 0 Å². The lowest BCUT2D eigenvalue weighted by molar-refractivity contribution is -0.117. The summed E-state index contributed by atoms with van der Waals surface area (Å²) in [5.74, 6) is -0.0476. The quantitative estimate of drug-likeness (QED) is 0.570. The van der Waals surface area contributed by atoms with E-state index >= 15 is 0 Å². The summed E-state index contributed by atoms with van der Waals surface area (Å²) < 4.78 is 1.48. The van der Waals surface area contributed by atoms with E-state index in [9.17, 15) is 9.59 Å². The van der Waals surface area contributed by atoms with E-state index in [1.807, 2.05) is 68.4 Å². The van der Waals surface area contributed by atoms with Gasteiger partial charge in [0, 0.05) is 36.2 Å². The second-order valence-corrected chi connectivity index (χ2v) is 7.90. The average Bonchev–Trinajstić information content (AvgIpc) is 3.29. The van der Waals surface area contributed by atoms with Crippen LogP contribution in [0, 0.1) is 13.8 Å². The van der Waals surface area contributed by atoms with Crippen molar-refractivity contribution in [1.29, 1.82) is 0 Å². The van der Waals surface area contributed by atoms with Gasteiger partial charge in [-0.3, -0.25) is 14.7 Å². The Morgan fingerprint density at radius 1 is 1.00 bits per heavy atom. The van der Waals surface area contributed by atoms with Gasteiger partial charge >= 0.3 is 0 Å². The molecule has 1 atom stereocenters. The maximum absolute atomic E-state index is 12.8. The molecular weight excluding hydrogens is 376 g/mol. The van der Waals surface area contributed by atoms with Gasteiger partial charge in [-0.05, 0) is 37.1 Å². The molecule has 1 aliphatic heterocycles. The number of nitrogens with one attached hydrogen (secondary N) is 1. The third-order valence-electron chi connectivity index (χ3n) is 5.79.